The van der Waals surface area contributed by atoms with Gasteiger partial charge in [0.05, 0.1) is 17.9 Å². The van der Waals surface area contributed by atoms with Crippen LogP contribution >= 0.6 is 11.3 Å². The summed E-state index contributed by atoms with van der Waals surface area (Å²) in [7, 11) is 0. The normalized spacial score (nSPS) is 13.8. The first kappa shape index (κ1) is 26.3. The first-order valence-electron chi connectivity index (χ1n) is 23.9. The van der Waals surface area contributed by atoms with Gasteiger partial charge in [0.25, 0.3) is 0 Å². The van der Waals surface area contributed by atoms with Crippen molar-refractivity contribution in [2.24, 2.45) is 0 Å². The minimum Gasteiger partial charge on any atom is -0.455 e. The van der Waals surface area contributed by atoms with Crippen LogP contribution in [0.15, 0.2) is 204 Å². The molecule has 0 fully saturated rings. The summed E-state index contributed by atoms with van der Waals surface area (Å²) >= 11 is 1.65. The maximum absolute atomic E-state index is 9.46. The van der Waals surface area contributed by atoms with Crippen molar-refractivity contribution in [3.05, 3.63) is 200 Å². The second kappa shape index (κ2) is 14.0. The van der Waals surface area contributed by atoms with E-state index in [0.29, 0.717) is 11.1 Å². The van der Waals surface area contributed by atoms with Crippen LogP contribution in [0.4, 0.5) is 0 Å². The molecular weight excluding hydrogens is 751 g/mol. The number of aromatic nitrogens is 3. The first-order chi connectivity index (χ1) is 33.5. The van der Waals surface area contributed by atoms with E-state index in [1.807, 2.05) is 103 Å². The maximum atomic E-state index is 9.46. The number of hydrogen-bond acceptors (Lipinski definition) is 5. The molecule has 0 spiro atoms. The molecule has 0 saturated heterocycles. The Balaban J connectivity index is 1.16. The molecule has 4 nitrogen and oxygen atoms in total. The van der Waals surface area contributed by atoms with Crippen LogP contribution in [0, 0.1) is 0 Å². The summed E-state index contributed by atoms with van der Waals surface area (Å²) in [6, 6.07) is 44.1. The van der Waals surface area contributed by atoms with E-state index in [1.165, 1.54) is 0 Å². The van der Waals surface area contributed by atoms with Crippen molar-refractivity contribution in [3.63, 3.8) is 0 Å². The molecule has 5 heteroatoms. The van der Waals surface area contributed by atoms with Crippen LogP contribution in [0.25, 0.3) is 120 Å². The third-order valence-electron chi connectivity index (χ3n) is 10.8. The Kier molecular flexibility index (Phi) is 6.13. The van der Waals surface area contributed by atoms with Gasteiger partial charge >= 0.3 is 0 Å². The lowest BCUT2D eigenvalue weighted by Crippen LogP contribution is -2.01. The second-order valence-electron chi connectivity index (χ2n) is 14.5. The lowest BCUT2D eigenvalue weighted by molar-refractivity contribution is 0.673. The predicted octanol–water partition coefficient (Wildman–Crippen LogP) is 15.3. The molecule has 3 heterocycles. The maximum Gasteiger partial charge on any atom is 0.167 e. The van der Waals surface area contributed by atoms with Gasteiger partial charge in [0, 0.05) is 47.5 Å². The molecule has 0 aliphatic rings. The van der Waals surface area contributed by atoms with E-state index in [0.717, 1.165) is 53.6 Å². The smallest absolute Gasteiger partial charge is 0.167 e. The molecule has 0 aliphatic heterocycles. The fourth-order valence-corrected chi connectivity index (χ4v) is 9.19. The molecule has 3 aromatic heterocycles. The zero-order valence-corrected chi connectivity index (χ0v) is 32.3. The summed E-state index contributed by atoms with van der Waals surface area (Å²) in [5.41, 5.74) is 6.82. The third kappa shape index (κ3) is 5.78. The highest BCUT2D eigenvalue weighted by atomic mass is 32.1. The molecule has 0 bridgehead atoms. The summed E-state index contributed by atoms with van der Waals surface area (Å²) in [4.78, 5) is 15.3. The molecule has 0 aliphatic carbocycles. The van der Waals surface area contributed by atoms with Gasteiger partial charge in [0.15, 0.2) is 17.5 Å². The van der Waals surface area contributed by atoms with E-state index in [9.17, 15) is 2.74 Å². The summed E-state index contributed by atoms with van der Waals surface area (Å²) in [5.74, 6) is 0.436. The number of benzene rings is 9. The topological polar surface area (TPSA) is 51.8 Å². The van der Waals surface area contributed by atoms with Crippen molar-refractivity contribution in [2.45, 2.75) is 0 Å². The van der Waals surface area contributed by atoms with Gasteiger partial charge in [-0.3, -0.25) is 0 Å². The molecule has 12 aromatic rings. The molecule has 0 saturated carbocycles. The van der Waals surface area contributed by atoms with Gasteiger partial charge in [-0.15, -0.1) is 11.3 Å². The van der Waals surface area contributed by atoms with Gasteiger partial charge in [0.1, 0.15) is 11.2 Å². The van der Waals surface area contributed by atoms with Crippen molar-refractivity contribution in [2.75, 3.05) is 0 Å². The standard InChI is InChI=1S/C55H33N3OS/c1-4-14-34(15-5-1)39-30-40(35-16-6-2-7-17-35)32-41(31-39)54-56-53(38-27-29-46-49(33-38)60-48-25-13-22-42(50(46)48)36-18-8-3-9-19-36)57-55(58-54)47-24-12-23-44-45-28-26-37-20-10-11-21-43(37)51(45)59-52(44)47/h1-33H/i10D,11D,12D,20D,21D,23D,24D,26D,28D. The van der Waals surface area contributed by atoms with Gasteiger partial charge in [-0.2, -0.15) is 0 Å². The number of fused-ring (bicyclic) bond motifs is 8. The highest BCUT2D eigenvalue weighted by Crippen LogP contribution is 2.43. The summed E-state index contributed by atoms with van der Waals surface area (Å²) in [6.07, 6.45) is 0. The third-order valence-corrected chi connectivity index (χ3v) is 12.0. The Labute approximate surface area is 362 Å². The predicted molar refractivity (Wildman–Crippen MR) is 250 cm³/mol. The van der Waals surface area contributed by atoms with Crippen molar-refractivity contribution in [3.8, 4) is 67.5 Å². The molecule has 0 radical (unpaired) electrons. The first-order valence-corrected chi connectivity index (χ1v) is 20.2. The van der Waals surface area contributed by atoms with Crippen LogP contribution in [-0.4, -0.2) is 15.0 Å². The molecule has 12 rings (SSSR count). The van der Waals surface area contributed by atoms with E-state index >= 15 is 0 Å². The zero-order valence-electron chi connectivity index (χ0n) is 40.5. The van der Waals surface area contributed by atoms with E-state index in [2.05, 4.69) is 42.5 Å². The van der Waals surface area contributed by atoms with Crippen LogP contribution in [0.1, 0.15) is 12.3 Å². The van der Waals surface area contributed by atoms with Crippen molar-refractivity contribution < 1.29 is 16.8 Å². The number of rotatable bonds is 6. The number of thiophene rings is 1. The molecular formula is C55H33N3OS. The Hall–Kier alpha value is -7.73. The molecule has 0 amide bonds. The van der Waals surface area contributed by atoms with E-state index in [-0.39, 0.29) is 55.7 Å². The summed E-state index contributed by atoms with van der Waals surface area (Å²) in [6.45, 7) is 0. The average Bonchev–Trinajstić information content (AvgIpc) is 3.97. The number of hydrogen-bond donors (Lipinski definition) is 0. The number of para-hydroxylation sites is 1. The van der Waals surface area contributed by atoms with Crippen molar-refractivity contribution >= 4 is 64.2 Å². The van der Waals surface area contributed by atoms with Gasteiger partial charge in [0.2, 0.25) is 0 Å². The van der Waals surface area contributed by atoms with Crippen LogP contribution in [0.5, 0.6) is 0 Å². The van der Waals surface area contributed by atoms with E-state index < -0.39 is 54.4 Å². The fourth-order valence-electron chi connectivity index (χ4n) is 8.01. The average molecular weight is 793 g/mol. The minimum atomic E-state index is -0.568. The SMILES string of the molecule is [2H]c1c([2H])c([2H])c2c(oc3c4c([2H])c([2H])c([2H])c([2H])c4c([2H])c([2H])c32)c1-c1nc(-c2cc(-c3ccccc3)cc(-c3ccccc3)c2)nc(-c2ccc3c(c2)sc2cccc(-c4ccccc4)c23)n1. The highest BCUT2D eigenvalue weighted by molar-refractivity contribution is 7.26. The van der Waals surface area contributed by atoms with E-state index in [1.54, 1.807) is 11.3 Å². The summed E-state index contributed by atoms with van der Waals surface area (Å²) < 4.78 is 89.0. The Morgan fingerprint density at radius 3 is 1.77 bits per heavy atom. The molecule has 280 valence electrons. The van der Waals surface area contributed by atoms with Crippen LogP contribution in [0.3, 0.4) is 0 Å². The van der Waals surface area contributed by atoms with Crippen LogP contribution in [-0.2, 0) is 0 Å². The lowest BCUT2D eigenvalue weighted by atomic mass is 9.96. The molecule has 9 aromatic carbocycles. The fraction of sp³-hybridized carbons (Fsp3) is 0. The number of nitrogens with zero attached hydrogens (tertiary/aromatic N) is 3. The van der Waals surface area contributed by atoms with Gasteiger partial charge in [-0.05, 0) is 81.2 Å². The van der Waals surface area contributed by atoms with E-state index in [4.69, 9.17) is 29.0 Å². The van der Waals surface area contributed by atoms with Gasteiger partial charge in [-0.1, -0.05) is 158 Å². The largest absolute Gasteiger partial charge is 0.455 e. The Morgan fingerprint density at radius 2 is 1.02 bits per heavy atom. The highest BCUT2D eigenvalue weighted by Gasteiger charge is 2.20. The van der Waals surface area contributed by atoms with Crippen molar-refractivity contribution in [1.82, 2.24) is 15.0 Å². The van der Waals surface area contributed by atoms with Crippen molar-refractivity contribution in [1.29, 1.82) is 0 Å². The Morgan fingerprint density at radius 1 is 0.383 bits per heavy atom. The molecule has 0 N–H and O–H groups in total. The monoisotopic (exact) mass is 792 g/mol. The Bertz CT molecular complexity index is 4070. The van der Waals surface area contributed by atoms with Gasteiger partial charge < -0.3 is 4.42 Å². The van der Waals surface area contributed by atoms with Crippen LogP contribution < -0.4 is 0 Å². The van der Waals surface area contributed by atoms with Crippen LogP contribution in [0.2, 0.25) is 0 Å². The summed E-state index contributed by atoms with van der Waals surface area (Å²) in [5, 5.41) is 1.67. The minimum absolute atomic E-state index is 0.0597. The lowest BCUT2D eigenvalue weighted by Gasteiger charge is -2.12. The quantitative estimate of drug-likeness (QED) is 0.168. The molecule has 0 atom stereocenters. The second-order valence-corrected chi connectivity index (χ2v) is 15.5. The van der Waals surface area contributed by atoms with Gasteiger partial charge in [-0.25, -0.2) is 15.0 Å². The molecule has 60 heavy (non-hydrogen) atoms. The molecule has 0 unspecified atom stereocenters. The number of furan rings is 1. The zero-order chi connectivity index (χ0) is 47.4.